The first kappa shape index (κ1) is 13.8. The summed E-state index contributed by atoms with van der Waals surface area (Å²) >= 11 is 0. The molecule has 0 aliphatic carbocycles. The van der Waals surface area contributed by atoms with Crippen LogP contribution in [0, 0.1) is 0 Å². The molecule has 0 spiro atoms. The van der Waals surface area contributed by atoms with Gasteiger partial charge in [0.1, 0.15) is 0 Å². The van der Waals surface area contributed by atoms with Crippen molar-refractivity contribution < 1.29 is 9.53 Å². The molecule has 0 saturated carbocycles. The van der Waals surface area contributed by atoms with Crippen LogP contribution in [0.1, 0.15) is 10.4 Å². The van der Waals surface area contributed by atoms with Gasteiger partial charge < -0.3 is 15.5 Å². The Morgan fingerprint density at radius 1 is 1.26 bits per heavy atom. The van der Waals surface area contributed by atoms with E-state index in [1.54, 1.807) is 24.3 Å². The molecule has 1 aliphatic heterocycles. The Hall–Kier alpha value is -1.63. The summed E-state index contributed by atoms with van der Waals surface area (Å²) < 4.78 is 5.27. The summed E-state index contributed by atoms with van der Waals surface area (Å²) in [4.78, 5) is 14.2. The Morgan fingerprint density at radius 2 is 1.95 bits per heavy atom. The topological polar surface area (TPSA) is 79.6 Å². The number of carbonyl (C=O) groups is 1. The lowest BCUT2D eigenvalue weighted by Gasteiger charge is -2.26. The second-order valence-corrected chi connectivity index (χ2v) is 4.43. The number of nitrogens with zero attached hydrogens (tertiary/aromatic N) is 1. The van der Waals surface area contributed by atoms with Crippen LogP contribution in [-0.2, 0) is 4.74 Å². The van der Waals surface area contributed by atoms with Crippen LogP contribution in [0.25, 0.3) is 0 Å². The molecule has 0 aromatic heterocycles. The lowest BCUT2D eigenvalue weighted by atomic mass is 10.2. The molecule has 1 aliphatic rings. The minimum Gasteiger partial charge on any atom is -0.379 e. The fourth-order valence-corrected chi connectivity index (χ4v) is 1.97. The molecule has 1 heterocycles. The maximum absolute atomic E-state index is 11.9. The molecule has 1 amide bonds. The predicted octanol–water partition coefficient (Wildman–Crippen LogP) is 0.0342. The standard InChI is InChI=1S/C13H20N4O2/c14-16-12-3-1-11(2-4-12)13(18)15-5-6-17-7-9-19-10-8-17/h1-4,16H,5-10,14H2,(H,15,18). The Kier molecular flexibility index (Phi) is 5.14. The van der Waals surface area contributed by atoms with Crippen molar-refractivity contribution in [2.45, 2.75) is 0 Å². The first-order valence-corrected chi connectivity index (χ1v) is 6.44. The molecule has 2 rings (SSSR count). The molecule has 0 unspecified atom stereocenters. The number of rotatable bonds is 5. The van der Waals surface area contributed by atoms with Crippen molar-refractivity contribution in [3.8, 4) is 0 Å². The van der Waals surface area contributed by atoms with E-state index in [0.29, 0.717) is 12.1 Å². The molecule has 1 fully saturated rings. The van der Waals surface area contributed by atoms with Crippen LogP contribution < -0.4 is 16.6 Å². The molecular formula is C13H20N4O2. The SMILES string of the molecule is NNc1ccc(C(=O)NCCN2CCOCC2)cc1. The highest BCUT2D eigenvalue weighted by molar-refractivity contribution is 5.94. The van der Waals surface area contributed by atoms with E-state index in [9.17, 15) is 4.79 Å². The number of nitrogen functional groups attached to an aromatic ring is 1. The fraction of sp³-hybridized carbons (Fsp3) is 0.462. The van der Waals surface area contributed by atoms with E-state index < -0.39 is 0 Å². The highest BCUT2D eigenvalue weighted by Gasteiger charge is 2.10. The van der Waals surface area contributed by atoms with E-state index >= 15 is 0 Å². The molecule has 0 bridgehead atoms. The molecule has 6 nitrogen and oxygen atoms in total. The number of morpholine rings is 1. The van der Waals surface area contributed by atoms with Crippen molar-refractivity contribution in [3.05, 3.63) is 29.8 Å². The summed E-state index contributed by atoms with van der Waals surface area (Å²) in [5, 5.41) is 2.91. The number of nitrogens with two attached hydrogens (primary N) is 1. The van der Waals surface area contributed by atoms with E-state index in [4.69, 9.17) is 10.6 Å². The average molecular weight is 264 g/mol. The summed E-state index contributed by atoms with van der Waals surface area (Å²) in [5.74, 6) is 5.21. The lowest BCUT2D eigenvalue weighted by molar-refractivity contribution is 0.0383. The lowest BCUT2D eigenvalue weighted by Crippen LogP contribution is -2.41. The summed E-state index contributed by atoms with van der Waals surface area (Å²) in [7, 11) is 0. The highest BCUT2D eigenvalue weighted by atomic mass is 16.5. The fourth-order valence-electron chi connectivity index (χ4n) is 1.97. The third-order valence-corrected chi connectivity index (χ3v) is 3.13. The first-order valence-electron chi connectivity index (χ1n) is 6.44. The summed E-state index contributed by atoms with van der Waals surface area (Å²) in [6, 6.07) is 7.05. The van der Waals surface area contributed by atoms with E-state index in [1.807, 2.05) is 0 Å². The van der Waals surface area contributed by atoms with E-state index in [1.165, 1.54) is 0 Å². The van der Waals surface area contributed by atoms with Gasteiger partial charge in [0.05, 0.1) is 13.2 Å². The van der Waals surface area contributed by atoms with Crippen LogP contribution in [-0.4, -0.2) is 50.2 Å². The zero-order chi connectivity index (χ0) is 13.5. The van der Waals surface area contributed by atoms with Gasteiger partial charge in [-0.3, -0.25) is 15.5 Å². The van der Waals surface area contributed by atoms with Gasteiger partial charge in [0.2, 0.25) is 0 Å². The van der Waals surface area contributed by atoms with Crippen LogP contribution in [0.3, 0.4) is 0 Å². The molecule has 0 atom stereocenters. The molecule has 104 valence electrons. The van der Waals surface area contributed by atoms with Crippen LogP contribution in [0.5, 0.6) is 0 Å². The molecule has 0 radical (unpaired) electrons. The highest BCUT2D eigenvalue weighted by Crippen LogP contribution is 2.07. The Morgan fingerprint density at radius 3 is 2.58 bits per heavy atom. The molecule has 6 heteroatoms. The van der Waals surface area contributed by atoms with Gasteiger partial charge in [0, 0.05) is 37.4 Å². The van der Waals surface area contributed by atoms with Gasteiger partial charge in [-0.05, 0) is 24.3 Å². The van der Waals surface area contributed by atoms with Crippen LogP contribution in [0.15, 0.2) is 24.3 Å². The second-order valence-electron chi connectivity index (χ2n) is 4.43. The number of ether oxygens (including phenoxy) is 1. The maximum atomic E-state index is 11.9. The quantitative estimate of drug-likeness (QED) is 0.517. The molecule has 1 saturated heterocycles. The monoisotopic (exact) mass is 264 g/mol. The van der Waals surface area contributed by atoms with E-state index in [2.05, 4.69) is 15.6 Å². The van der Waals surface area contributed by atoms with Crippen molar-refractivity contribution >= 4 is 11.6 Å². The van der Waals surface area contributed by atoms with Gasteiger partial charge in [-0.1, -0.05) is 0 Å². The summed E-state index contributed by atoms with van der Waals surface area (Å²) in [5.41, 5.74) is 3.95. The Bertz CT molecular complexity index is 402. The van der Waals surface area contributed by atoms with Crippen molar-refractivity contribution in [1.29, 1.82) is 0 Å². The zero-order valence-electron chi connectivity index (χ0n) is 10.9. The third-order valence-electron chi connectivity index (χ3n) is 3.13. The molecule has 1 aromatic rings. The smallest absolute Gasteiger partial charge is 0.251 e. The van der Waals surface area contributed by atoms with Crippen molar-refractivity contribution in [3.63, 3.8) is 0 Å². The number of hydrogen-bond acceptors (Lipinski definition) is 5. The van der Waals surface area contributed by atoms with Crippen molar-refractivity contribution in [1.82, 2.24) is 10.2 Å². The number of hydrogen-bond donors (Lipinski definition) is 3. The molecule has 1 aromatic carbocycles. The van der Waals surface area contributed by atoms with Crippen LogP contribution >= 0.6 is 0 Å². The number of amides is 1. The largest absolute Gasteiger partial charge is 0.379 e. The van der Waals surface area contributed by atoms with Crippen LogP contribution in [0.4, 0.5) is 5.69 Å². The normalized spacial score (nSPS) is 16.1. The van der Waals surface area contributed by atoms with Gasteiger partial charge >= 0.3 is 0 Å². The zero-order valence-corrected chi connectivity index (χ0v) is 10.9. The average Bonchev–Trinajstić information content (AvgIpc) is 2.48. The number of benzene rings is 1. The van der Waals surface area contributed by atoms with Gasteiger partial charge in [-0.15, -0.1) is 0 Å². The first-order chi connectivity index (χ1) is 9.29. The van der Waals surface area contributed by atoms with Gasteiger partial charge in [-0.2, -0.15) is 0 Å². The van der Waals surface area contributed by atoms with Crippen molar-refractivity contribution in [2.24, 2.45) is 5.84 Å². The number of hydrazine groups is 1. The summed E-state index contributed by atoms with van der Waals surface area (Å²) in [6.07, 6.45) is 0. The van der Waals surface area contributed by atoms with E-state index in [0.717, 1.165) is 38.5 Å². The molecule has 4 N–H and O–H groups in total. The predicted molar refractivity (Wildman–Crippen MR) is 73.8 cm³/mol. The van der Waals surface area contributed by atoms with Gasteiger partial charge in [0.25, 0.3) is 5.91 Å². The van der Waals surface area contributed by atoms with Crippen LogP contribution in [0.2, 0.25) is 0 Å². The van der Waals surface area contributed by atoms with Crippen molar-refractivity contribution in [2.75, 3.05) is 44.8 Å². The van der Waals surface area contributed by atoms with Gasteiger partial charge in [-0.25, -0.2) is 0 Å². The Labute approximate surface area is 112 Å². The second kappa shape index (κ2) is 7.08. The number of carbonyl (C=O) groups excluding carboxylic acids is 1. The number of anilines is 1. The molecule has 19 heavy (non-hydrogen) atoms. The minimum atomic E-state index is -0.0585. The maximum Gasteiger partial charge on any atom is 0.251 e. The molecular weight excluding hydrogens is 244 g/mol. The minimum absolute atomic E-state index is 0.0585. The summed E-state index contributed by atoms with van der Waals surface area (Å²) in [6.45, 7) is 4.94. The third kappa shape index (κ3) is 4.20. The van der Waals surface area contributed by atoms with E-state index in [-0.39, 0.29) is 5.91 Å². The Balaban J connectivity index is 1.73. The number of nitrogens with one attached hydrogen (secondary N) is 2. The van der Waals surface area contributed by atoms with Gasteiger partial charge in [0.15, 0.2) is 0 Å².